The first-order valence-electron chi connectivity index (χ1n) is 6.93. The summed E-state index contributed by atoms with van der Waals surface area (Å²) >= 11 is 0. The van der Waals surface area contributed by atoms with E-state index in [0.717, 1.165) is 16.8 Å². The molecule has 1 aromatic carbocycles. The van der Waals surface area contributed by atoms with Gasteiger partial charge in [0.1, 0.15) is 0 Å². The SMILES string of the molecule is Cc1cc2cc(CNC(=O)NCC(C)(C)C)ccc2[nH]1. The lowest BCUT2D eigenvalue weighted by atomic mass is 9.97. The molecule has 0 aliphatic carbocycles. The Labute approximate surface area is 120 Å². The molecule has 0 saturated carbocycles. The Balaban J connectivity index is 1.90. The number of aromatic amines is 1. The van der Waals surface area contributed by atoms with Crippen LogP contribution in [0.4, 0.5) is 4.79 Å². The molecule has 1 aromatic heterocycles. The summed E-state index contributed by atoms with van der Waals surface area (Å²) in [5, 5.41) is 6.94. The molecule has 0 unspecified atom stereocenters. The van der Waals surface area contributed by atoms with Crippen molar-refractivity contribution in [3.63, 3.8) is 0 Å². The van der Waals surface area contributed by atoms with E-state index in [9.17, 15) is 4.79 Å². The molecular formula is C16H23N3O. The largest absolute Gasteiger partial charge is 0.359 e. The van der Waals surface area contributed by atoms with E-state index in [0.29, 0.717) is 13.1 Å². The summed E-state index contributed by atoms with van der Waals surface area (Å²) in [7, 11) is 0. The van der Waals surface area contributed by atoms with Gasteiger partial charge in [0, 0.05) is 24.3 Å². The molecule has 2 aromatic rings. The minimum Gasteiger partial charge on any atom is -0.359 e. The predicted molar refractivity (Wildman–Crippen MR) is 82.7 cm³/mol. The molecule has 108 valence electrons. The van der Waals surface area contributed by atoms with Gasteiger partial charge in [-0.15, -0.1) is 0 Å². The van der Waals surface area contributed by atoms with Gasteiger partial charge < -0.3 is 15.6 Å². The van der Waals surface area contributed by atoms with Crippen molar-refractivity contribution >= 4 is 16.9 Å². The van der Waals surface area contributed by atoms with Gasteiger partial charge in [-0.05, 0) is 41.5 Å². The Hall–Kier alpha value is -1.97. The highest BCUT2D eigenvalue weighted by molar-refractivity contribution is 5.81. The van der Waals surface area contributed by atoms with E-state index in [-0.39, 0.29) is 11.4 Å². The van der Waals surface area contributed by atoms with E-state index >= 15 is 0 Å². The average molecular weight is 273 g/mol. The standard InChI is InChI=1S/C16H23N3O/c1-11-7-13-8-12(5-6-14(13)19-11)9-17-15(20)18-10-16(2,3)4/h5-8,19H,9-10H2,1-4H3,(H2,17,18,20). The Bertz CT molecular complexity index is 608. The number of amides is 2. The number of rotatable bonds is 3. The minimum atomic E-state index is -0.120. The van der Waals surface area contributed by atoms with E-state index in [1.54, 1.807) is 0 Å². The maximum Gasteiger partial charge on any atom is 0.315 e. The number of hydrogen-bond acceptors (Lipinski definition) is 1. The van der Waals surface area contributed by atoms with Crippen LogP contribution in [0.5, 0.6) is 0 Å². The number of nitrogens with one attached hydrogen (secondary N) is 3. The number of fused-ring (bicyclic) bond motifs is 1. The highest BCUT2D eigenvalue weighted by Gasteiger charge is 2.11. The molecule has 0 radical (unpaired) electrons. The number of aryl methyl sites for hydroxylation is 1. The fourth-order valence-electron chi connectivity index (χ4n) is 2.03. The Morgan fingerprint density at radius 3 is 2.65 bits per heavy atom. The van der Waals surface area contributed by atoms with Gasteiger partial charge in [-0.3, -0.25) is 0 Å². The smallest absolute Gasteiger partial charge is 0.315 e. The zero-order valence-electron chi connectivity index (χ0n) is 12.6. The Kier molecular flexibility index (Phi) is 4.02. The molecular weight excluding hydrogens is 250 g/mol. The number of hydrogen-bond donors (Lipinski definition) is 3. The molecule has 0 atom stereocenters. The van der Waals surface area contributed by atoms with Crippen molar-refractivity contribution < 1.29 is 4.79 Å². The third-order valence-electron chi connectivity index (χ3n) is 3.05. The number of benzene rings is 1. The van der Waals surface area contributed by atoms with Crippen molar-refractivity contribution in [3.05, 3.63) is 35.5 Å². The maximum absolute atomic E-state index is 11.7. The number of urea groups is 1. The van der Waals surface area contributed by atoms with Crippen molar-refractivity contribution in [2.24, 2.45) is 5.41 Å². The van der Waals surface area contributed by atoms with E-state index in [1.165, 1.54) is 5.39 Å². The van der Waals surface area contributed by atoms with Crippen LogP contribution in [-0.4, -0.2) is 17.6 Å². The van der Waals surface area contributed by atoms with Crippen LogP contribution < -0.4 is 10.6 Å². The molecule has 2 rings (SSSR count). The van der Waals surface area contributed by atoms with Crippen LogP contribution in [0.2, 0.25) is 0 Å². The zero-order valence-corrected chi connectivity index (χ0v) is 12.6. The van der Waals surface area contributed by atoms with Gasteiger partial charge in [-0.2, -0.15) is 0 Å². The zero-order chi connectivity index (χ0) is 14.8. The van der Waals surface area contributed by atoms with Crippen LogP contribution in [0, 0.1) is 12.3 Å². The quantitative estimate of drug-likeness (QED) is 0.789. The summed E-state index contributed by atoms with van der Waals surface area (Å²) in [6.07, 6.45) is 0. The molecule has 4 heteroatoms. The summed E-state index contributed by atoms with van der Waals surface area (Å²) in [4.78, 5) is 15.0. The Morgan fingerprint density at radius 2 is 1.95 bits per heavy atom. The van der Waals surface area contributed by atoms with Gasteiger partial charge >= 0.3 is 6.03 Å². The van der Waals surface area contributed by atoms with E-state index in [2.05, 4.69) is 48.5 Å². The summed E-state index contributed by atoms with van der Waals surface area (Å²) in [5.41, 5.74) is 3.47. The summed E-state index contributed by atoms with van der Waals surface area (Å²) in [6, 6.07) is 8.17. The van der Waals surface area contributed by atoms with Crippen LogP contribution in [0.15, 0.2) is 24.3 Å². The lowest BCUT2D eigenvalue weighted by molar-refractivity contribution is 0.235. The van der Waals surface area contributed by atoms with Crippen molar-refractivity contribution in [1.82, 2.24) is 15.6 Å². The van der Waals surface area contributed by atoms with Crippen molar-refractivity contribution in [3.8, 4) is 0 Å². The molecule has 2 amide bonds. The first-order valence-corrected chi connectivity index (χ1v) is 6.93. The topological polar surface area (TPSA) is 56.9 Å². The molecule has 0 bridgehead atoms. The molecule has 0 saturated heterocycles. The second-order valence-corrected chi connectivity index (χ2v) is 6.47. The third kappa shape index (κ3) is 4.02. The predicted octanol–water partition coefficient (Wildman–Crippen LogP) is 3.32. The first-order chi connectivity index (χ1) is 9.33. The highest BCUT2D eigenvalue weighted by atomic mass is 16.2. The normalized spacial score (nSPS) is 11.6. The molecule has 0 spiro atoms. The van der Waals surface area contributed by atoms with Gasteiger partial charge in [0.25, 0.3) is 0 Å². The lowest BCUT2D eigenvalue weighted by Gasteiger charge is -2.18. The van der Waals surface area contributed by atoms with Crippen LogP contribution in [0.3, 0.4) is 0 Å². The Morgan fingerprint density at radius 1 is 1.20 bits per heavy atom. The second-order valence-electron chi connectivity index (χ2n) is 6.47. The molecule has 20 heavy (non-hydrogen) atoms. The molecule has 1 heterocycles. The van der Waals surface area contributed by atoms with Crippen LogP contribution in [0.25, 0.3) is 10.9 Å². The number of H-pyrrole nitrogens is 1. The number of carbonyl (C=O) groups excluding carboxylic acids is 1. The number of aromatic nitrogens is 1. The molecule has 0 aliphatic rings. The van der Waals surface area contributed by atoms with Crippen LogP contribution in [0.1, 0.15) is 32.0 Å². The summed E-state index contributed by atoms with van der Waals surface area (Å²) in [5.74, 6) is 0. The van der Waals surface area contributed by atoms with Crippen molar-refractivity contribution in [2.75, 3.05) is 6.54 Å². The van der Waals surface area contributed by atoms with Crippen molar-refractivity contribution in [2.45, 2.75) is 34.2 Å². The van der Waals surface area contributed by atoms with Gasteiger partial charge in [0.2, 0.25) is 0 Å². The second kappa shape index (κ2) is 5.57. The average Bonchev–Trinajstić information content (AvgIpc) is 2.72. The van der Waals surface area contributed by atoms with Gasteiger partial charge in [0.05, 0.1) is 0 Å². The number of carbonyl (C=O) groups is 1. The monoisotopic (exact) mass is 273 g/mol. The first kappa shape index (κ1) is 14.4. The van der Waals surface area contributed by atoms with Gasteiger partial charge in [0.15, 0.2) is 0 Å². The fraction of sp³-hybridized carbons (Fsp3) is 0.438. The lowest BCUT2D eigenvalue weighted by Crippen LogP contribution is -2.39. The summed E-state index contributed by atoms with van der Waals surface area (Å²) < 4.78 is 0. The van der Waals surface area contributed by atoms with Crippen LogP contribution in [-0.2, 0) is 6.54 Å². The van der Waals surface area contributed by atoms with E-state index < -0.39 is 0 Å². The van der Waals surface area contributed by atoms with Crippen LogP contribution >= 0.6 is 0 Å². The van der Waals surface area contributed by atoms with Gasteiger partial charge in [-0.25, -0.2) is 4.79 Å². The highest BCUT2D eigenvalue weighted by Crippen LogP contribution is 2.16. The van der Waals surface area contributed by atoms with E-state index in [1.807, 2.05) is 19.1 Å². The molecule has 3 N–H and O–H groups in total. The fourth-order valence-corrected chi connectivity index (χ4v) is 2.03. The third-order valence-corrected chi connectivity index (χ3v) is 3.05. The molecule has 0 fully saturated rings. The van der Waals surface area contributed by atoms with Gasteiger partial charge in [-0.1, -0.05) is 26.8 Å². The van der Waals surface area contributed by atoms with E-state index in [4.69, 9.17) is 0 Å². The minimum absolute atomic E-state index is 0.0961. The molecule has 4 nitrogen and oxygen atoms in total. The molecule has 0 aliphatic heterocycles. The van der Waals surface area contributed by atoms with Crippen molar-refractivity contribution in [1.29, 1.82) is 0 Å². The summed E-state index contributed by atoms with van der Waals surface area (Å²) in [6.45, 7) is 9.52. The maximum atomic E-state index is 11.7.